The number of likely N-dealkylation sites (N-methyl/N-ethyl adjacent to an activating group) is 1. The van der Waals surface area contributed by atoms with Gasteiger partial charge >= 0.3 is 13.1 Å². The molecule has 26 heavy (non-hydrogen) atoms. The largest absolute Gasteiger partial charge is 0.437 e. The summed E-state index contributed by atoms with van der Waals surface area (Å²) in [6.45, 7) is 9.78. The summed E-state index contributed by atoms with van der Waals surface area (Å²) in [4.78, 5) is 31.4. The Morgan fingerprint density at radius 2 is 1.69 bits per heavy atom. The number of urea groups is 1. The van der Waals surface area contributed by atoms with E-state index < -0.39 is 12.6 Å². The van der Waals surface area contributed by atoms with Crippen LogP contribution in [-0.4, -0.2) is 63.8 Å². The molecule has 1 spiro atoms. The lowest BCUT2D eigenvalue weighted by atomic mass is 9.77. The minimum atomic E-state index is -0.754. The third-order valence-electron chi connectivity index (χ3n) is 5.71. The first kappa shape index (κ1) is 18.9. The van der Waals surface area contributed by atoms with E-state index in [2.05, 4.69) is 6.07 Å². The monoisotopic (exact) mass is 357 g/mol. The fraction of sp³-hybridized carbons (Fsp3) is 0.579. The normalized spacial score (nSPS) is 20.3. The second-order valence-corrected chi connectivity index (χ2v) is 7.61. The van der Waals surface area contributed by atoms with Crippen molar-refractivity contribution in [2.75, 3.05) is 19.6 Å². The molecule has 0 unspecified atom stereocenters. The molecule has 2 aliphatic heterocycles. The van der Waals surface area contributed by atoms with Crippen LogP contribution in [-0.2, 0) is 11.3 Å². The topological polar surface area (TPSA) is 64.1 Å². The number of hydrogen-bond acceptors (Lipinski definition) is 4. The van der Waals surface area contributed by atoms with E-state index in [0.717, 1.165) is 16.7 Å². The van der Waals surface area contributed by atoms with Crippen molar-refractivity contribution in [1.29, 1.82) is 0 Å². The van der Waals surface area contributed by atoms with Gasteiger partial charge in [0.2, 0.25) is 0 Å². The van der Waals surface area contributed by atoms with E-state index in [0.29, 0.717) is 39.0 Å². The highest BCUT2D eigenvalue weighted by Crippen LogP contribution is 2.38. The summed E-state index contributed by atoms with van der Waals surface area (Å²) < 4.78 is 0. The molecule has 0 atom stereocenters. The molecule has 2 heterocycles. The summed E-state index contributed by atoms with van der Waals surface area (Å²) in [7, 11) is -0.527. The average Bonchev–Trinajstić information content (AvgIpc) is 2.76. The molecule has 0 radical (unpaired) electrons. The van der Waals surface area contributed by atoms with Crippen LogP contribution < -0.4 is 0 Å². The van der Waals surface area contributed by atoms with Crippen LogP contribution in [0, 0.1) is 13.8 Å². The molecule has 3 rings (SSSR count). The van der Waals surface area contributed by atoms with Gasteiger partial charge in [-0.15, -0.1) is 0 Å². The molecule has 6 nitrogen and oxygen atoms in total. The van der Waals surface area contributed by atoms with Crippen molar-refractivity contribution >= 4 is 19.0 Å². The van der Waals surface area contributed by atoms with Crippen LogP contribution in [0.3, 0.4) is 0 Å². The van der Waals surface area contributed by atoms with Crippen molar-refractivity contribution < 1.29 is 14.6 Å². The first-order valence-electron chi connectivity index (χ1n) is 9.41. The number of carbonyl (C=O) groups excluding carboxylic acids is 2. The van der Waals surface area contributed by atoms with E-state index in [1.54, 1.807) is 11.7 Å². The number of benzene rings is 1. The standard InChI is InChI=1S/C19H28BN3O3/c1-5-23-18(25)22(13-16-11-14(2)10-15(3)12-16)17(24)19(23)6-8-21(9-7-19)20(4)26/h10-12,26H,5-9,13H2,1-4H3. The van der Waals surface area contributed by atoms with Gasteiger partial charge in [-0.3, -0.25) is 9.69 Å². The first-order valence-corrected chi connectivity index (χ1v) is 9.41. The molecule has 3 amide bonds. The number of imide groups is 1. The van der Waals surface area contributed by atoms with E-state index in [1.807, 2.05) is 37.7 Å². The van der Waals surface area contributed by atoms with Crippen molar-refractivity contribution in [2.45, 2.75) is 52.5 Å². The van der Waals surface area contributed by atoms with Crippen molar-refractivity contribution in [1.82, 2.24) is 14.6 Å². The second-order valence-electron chi connectivity index (χ2n) is 7.61. The van der Waals surface area contributed by atoms with Crippen LogP contribution >= 0.6 is 0 Å². The molecule has 0 bridgehead atoms. The zero-order chi connectivity index (χ0) is 19.1. The molecule has 1 N–H and O–H groups in total. The SMILES string of the molecule is CCN1C(=O)N(Cc2cc(C)cc(C)c2)C(=O)C12CCN(B(C)O)CC2. The predicted molar refractivity (Wildman–Crippen MR) is 102 cm³/mol. The van der Waals surface area contributed by atoms with Crippen molar-refractivity contribution in [3.8, 4) is 0 Å². The minimum absolute atomic E-state index is 0.0891. The molecule has 2 fully saturated rings. The van der Waals surface area contributed by atoms with Crippen LogP contribution in [0.4, 0.5) is 4.79 Å². The molecule has 0 saturated carbocycles. The van der Waals surface area contributed by atoms with Gasteiger partial charge in [-0.2, -0.15) is 0 Å². The Kier molecular flexibility index (Phi) is 5.13. The molecular formula is C19H28BN3O3. The maximum absolute atomic E-state index is 13.3. The van der Waals surface area contributed by atoms with Gasteiger partial charge < -0.3 is 14.7 Å². The minimum Gasteiger partial charge on any atom is -0.437 e. The van der Waals surface area contributed by atoms with Crippen molar-refractivity contribution in [3.05, 3.63) is 34.9 Å². The molecule has 2 aliphatic rings. The van der Waals surface area contributed by atoms with Gasteiger partial charge in [-0.1, -0.05) is 29.3 Å². The molecule has 140 valence electrons. The molecule has 2 saturated heterocycles. The Hall–Kier alpha value is -1.86. The lowest BCUT2D eigenvalue weighted by Gasteiger charge is -2.42. The molecule has 1 aromatic rings. The smallest absolute Gasteiger partial charge is 0.376 e. The number of carbonyl (C=O) groups is 2. The van der Waals surface area contributed by atoms with Gasteiger partial charge in [0.05, 0.1) is 6.54 Å². The summed E-state index contributed by atoms with van der Waals surface area (Å²) >= 11 is 0. The molecule has 7 heteroatoms. The molecule has 1 aromatic carbocycles. The van der Waals surface area contributed by atoms with Crippen molar-refractivity contribution in [3.63, 3.8) is 0 Å². The van der Waals surface area contributed by atoms with Crippen LogP contribution in [0.1, 0.15) is 36.5 Å². The summed E-state index contributed by atoms with van der Waals surface area (Å²) in [6.07, 6.45) is 1.14. The van der Waals surface area contributed by atoms with Crippen LogP contribution in [0.2, 0.25) is 6.82 Å². The van der Waals surface area contributed by atoms with E-state index in [-0.39, 0.29) is 11.9 Å². The Bertz CT molecular complexity index is 694. The van der Waals surface area contributed by atoms with Gasteiger partial charge in [-0.25, -0.2) is 4.79 Å². The highest BCUT2D eigenvalue weighted by molar-refractivity contribution is 6.45. The Balaban J connectivity index is 1.85. The fourth-order valence-corrected chi connectivity index (χ4v) is 4.45. The van der Waals surface area contributed by atoms with E-state index in [9.17, 15) is 14.6 Å². The number of aryl methyl sites for hydroxylation is 2. The van der Waals surface area contributed by atoms with Crippen LogP contribution in [0.5, 0.6) is 0 Å². The lowest BCUT2D eigenvalue weighted by molar-refractivity contribution is -0.135. The number of rotatable bonds is 4. The molecule has 0 aliphatic carbocycles. The Labute approximate surface area is 155 Å². The second kappa shape index (κ2) is 7.04. The van der Waals surface area contributed by atoms with Gasteiger partial charge in [0, 0.05) is 6.54 Å². The van der Waals surface area contributed by atoms with Gasteiger partial charge in [0.1, 0.15) is 5.54 Å². The molecule has 0 aromatic heterocycles. The zero-order valence-electron chi connectivity index (χ0n) is 16.2. The van der Waals surface area contributed by atoms with Crippen LogP contribution in [0.25, 0.3) is 0 Å². The maximum atomic E-state index is 13.3. The highest BCUT2D eigenvalue weighted by Gasteiger charge is 2.57. The predicted octanol–water partition coefficient (Wildman–Crippen LogP) is 2.03. The summed E-state index contributed by atoms with van der Waals surface area (Å²) in [6, 6.07) is 5.96. The lowest BCUT2D eigenvalue weighted by Crippen LogP contribution is -2.58. The van der Waals surface area contributed by atoms with Crippen molar-refractivity contribution in [2.24, 2.45) is 0 Å². The number of nitrogens with zero attached hydrogens (tertiary/aromatic N) is 3. The quantitative estimate of drug-likeness (QED) is 0.662. The fourth-order valence-electron chi connectivity index (χ4n) is 4.45. The number of piperidine rings is 1. The maximum Gasteiger partial charge on any atom is 0.376 e. The van der Waals surface area contributed by atoms with E-state index in [1.165, 1.54) is 4.90 Å². The Morgan fingerprint density at radius 1 is 1.12 bits per heavy atom. The summed E-state index contributed by atoms with van der Waals surface area (Å²) in [5, 5.41) is 9.80. The van der Waals surface area contributed by atoms with E-state index >= 15 is 0 Å². The van der Waals surface area contributed by atoms with E-state index in [4.69, 9.17) is 0 Å². The Morgan fingerprint density at radius 3 is 2.19 bits per heavy atom. The summed E-state index contributed by atoms with van der Waals surface area (Å²) in [5.41, 5.74) is 2.49. The number of hydrogen-bond donors (Lipinski definition) is 1. The third-order valence-corrected chi connectivity index (χ3v) is 5.71. The molecular weight excluding hydrogens is 329 g/mol. The zero-order valence-corrected chi connectivity index (χ0v) is 16.2. The number of amides is 3. The third kappa shape index (κ3) is 3.14. The van der Waals surface area contributed by atoms with Gasteiger partial charge in [-0.05, 0) is 59.1 Å². The van der Waals surface area contributed by atoms with Gasteiger partial charge in [0.15, 0.2) is 0 Å². The van der Waals surface area contributed by atoms with Gasteiger partial charge in [0.25, 0.3) is 5.91 Å². The average molecular weight is 357 g/mol. The summed E-state index contributed by atoms with van der Waals surface area (Å²) in [5.74, 6) is -0.0891. The first-order chi connectivity index (χ1) is 12.3. The van der Waals surface area contributed by atoms with Crippen LogP contribution in [0.15, 0.2) is 18.2 Å². The highest BCUT2D eigenvalue weighted by atomic mass is 16.2.